The van der Waals surface area contributed by atoms with E-state index in [4.69, 9.17) is 5.73 Å². The minimum atomic E-state index is -4.10. The average molecular weight is 171 g/mol. The molecule has 1 aliphatic rings. The maximum Gasteiger partial charge on any atom is 0.397 e. The van der Waals surface area contributed by atoms with Gasteiger partial charge in [0.1, 0.15) is 0 Å². The first-order valence-corrected chi connectivity index (χ1v) is 4.02. The van der Waals surface area contributed by atoms with Crippen molar-refractivity contribution in [3.05, 3.63) is 0 Å². The zero-order valence-corrected chi connectivity index (χ0v) is 6.06. The first kappa shape index (κ1) is 8.20. The lowest BCUT2D eigenvalue weighted by molar-refractivity contribution is -0.207. The highest BCUT2D eigenvalue weighted by Gasteiger charge is 2.57. The van der Waals surface area contributed by atoms with Crippen LogP contribution in [0.5, 0.6) is 0 Å². The molecule has 0 amide bonds. The SMILES string of the molecule is NCC1(C(F)(F)F)CSC1. The Balaban J connectivity index is 2.65. The Hall–Kier alpha value is 0.100. The van der Waals surface area contributed by atoms with Crippen LogP contribution in [0.2, 0.25) is 0 Å². The van der Waals surface area contributed by atoms with Crippen LogP contribution in [0, 0.1) is 5.41 Å². The molecule has 60 valence electrons. The van der Waals surface area contributed by atoms with Crippen molar-refractivity contribution in [2.75, 3.05) is 18.1 Å². The third kappa shape index (κ3) is 1.01. The molecular weight excluding hydrogens is 163 g/mol. The van der Waals surface area contributed by atoms with Crippen molar-refractivity contribution in [2.45, 2.75) is 6.18 Å². The van der Waals surface area contributed by atoms with Gasteiger partial charge >= 0.3 is 6.18 Å². The molecule has 0 aliphatic carbocycles. The number of hydrogen-bond donors (Lipinski definition) is 1. The van der Waals surface area contributed by atoms with Gasteiger partial charge in [-0.25, -0.2) is 0 Å². The Morgan fingerprint density at radius 2 is 1.90 bits per heavy atom. The van der Waals surface area contributed by atoms with Gasteiger partial charge in [-0.15, -0.1) is 0 Å². The number of nitrogens with two attached hydrogens (primary N) is 1. The smallest absolute Gasteiger partial charge is 0.330 e. The average Bonchev–Trinajstić information content (AvgIpc) is 1.58. The molecule has 2 N–H and O–H groups in total. The molecule has 0 unspecified atom stereocenters. The second kappa shape index (κ2) is 2.30. The van der Waals surface area contributed by atoms with Crippen LogP contribution in [0.1, 0.15) is 0 Å². The second-order valence-electron chi connectivity index (χ2n) is 2.48. The zero-order chi connectivity index (χ0) is 7.83. The Labute approximate surface area is 61.2 Å². The fraction of sp³-hybridized carbons (Fsp3) is 1.00. The van der Waals surface area contributed by atoms with Crippen LogP contribution in [-0.2, 0) is 0 Å². The van der Waals surface area contributed by atoms with Crippen molar-refractivity contribution in [1.82, 2.24) is 0 Å². The predicted molar refractivity (Wildman–Crippen MR) is 34.9 cm³/mol. The van der Waals surface area contributed by atoms with Gasteiger partial charge in [-0.1, -0.05) is 0 Å². The van der Waals surface area contributed by atoms with Crippen molar-refractivity contribution in [1.29, 1.82) is 0 Å². The third-order valence-electron chi connectivity index (χ3n) is 1.75. The van der Waals surface area contributed by atoms with Gasteiger partial charge in [0.25, 0.3) is 0 Å². The topological polar surface area (TPSA) is 26.0 Å². The quantitative estimate of drug-likeness (QED) is 0.642. The highest BCUT2D eigenvalue weighted by Crippen LogP contribution is 2.49. The van der Waals surface area contributed by atoms with Gasteiger partial charge in [0.15, 0.2) is 0 Å². The van der Waals surface area contributed by atoms with Gasteiger partial charge in [-0.2, -0.15) is 24.9 Å². The van der Waals surface area contributed by atoms with E-state index in [1.807, 2.05) is 0 Å². The standard InChI is InChI=1S/C5H8F3NS/c6-5(7,8)4(1-9)2-10-3-4/h1-3,9H2. The minimum Gasteiger partial charge on any atom is -0.330 e. The van der Waals surface area contributed by atoms with Crippen LogP contribution >= 0.6 is 11.8 Å². The van der Waals surface area contributed by atoms with Gasteiger partial charge < -0.3 is 5.73 Å². The van der Waals surface area contributed by atoms with Gasteiger partial charge in [-0.05, 0) is 0 Å². The van der Waals surface area contributed by atoms with Gasteiger partial charge in [0.2, 0.25) is 0 Å². The highest BCUT2D eigenvalue weighted by atomic mass is 32.2. The fourth-order valence-corrected chi connectivity index (χ4v) is 2.01. The molecule has 0 spiro atoms. The molecule has 0 atom stereocenters. The lowest BCUT2D eigenvalue weighted by atomic mass is 9.91. The molecule has 0 aromatic rings. The number of halogens is 3. The summed E-state index contributed by atoms with van der Waals surface area (Å²) in [5.74, 6) is 0.264. The van der Waals surface area contributed by atoms with E-state index < -0.39 is 11.6 Å². The minimum absolute atomic E-state index is 0.132. The molecule has 1 heterocycles. The first-order valence-electron chi connectivity index (χ1n) is 2.86. The van der Waals surface area contributed by atoms with Crippen molar-refractivity contribution < 1.29 is 13.2 Å². The normalized spacial score (nSPS) is 24.0. The summed E-state index contributed by atoms with van der Waals surface area (Å²) < 4.78 is 36.2. The van der Waals surface area contributed by atoms with E-state index in [9.17, 15) is 13.2 Å². The van der Waals surface area contributed by atoms with E-state index in [0.717, 1.165) is 0 Å². The first-order chi connectivity index (χ1) is 4.52. The fourth-order valence-electron chi connectivity index (χ4n) is 0.746. The van der Waals surface area contributed by atoms with Crippen LogP contribution in [-0.4, -0.2) is 24.2 Å². The van der Waals surface area contributed by atoms with Gasteiger partial charge in [-0.3, -0.25) is 0 Å². The summed E-state index contributed by atoms with van der Waals surface area (Å²) in [6, 6.07) is 0. The van der Waals surface area contributed by atoms with Gasteiger partial charge in [0.05, 0.1) is 5.41 Å². The monoisotopic (exact) mass is 171 g/mol. The molecule has 1 rings (SSSR count). The van der Waals surface area contributed by atoms with E-state index in [-0.39, 0.29) is 18.1 Å². The molecule has 1 aliphatic heterocycles. The molecule has 0 radical (unpaired) electrons. The van der Waals surface area contributed by atoms with Crippen molar-refractivity contribution in [3.63, 3.8) is 0 Å². The lowest BCUT2D eigenvalue weighted by Crippen LogP contribution is -2.53. The number of rotatable bonds is 1. The molecule has 5 heteroatoms. The maximum absolute atomic E-state index is 12.1. The Kier molecular flexibility index (Phi) is 1.89. The van der Waals surface area contributed by atoms with Crippen molar-refractivity contribution in [2.24, 2.45) is 11.1 Å². The predicted octanol–water partition coefficient (Wildman–Crippen LogP) is 1.24. The van der Waals surface area contributed by atoms with Crippen LogP contribution < -0.4 is 5.73 Å². The second-order valence-corrected chi connectivity index (χ2v) is 3.46. The molecule has 1 nitrogen and oxygen atoms in total. The number of hydrogen-bond acceptors (Lipinski definition) is 2. The van der Waals surface area contributed by atoms with E-state index in [1.54, 1.807) is 0 Å². The Bertz CT molecular complexity index is 124. The maximum atomic E-state index is 12.1. The summed E-state index contributed by atoms with van der Waals surface area (Å²) in [6.07, 6.45) is -4.10. The largest absolute Gasteiger partial charge is 0.397 e. The van der Waals surface area contributed by atoms with E-state index in [2.05, 4.69) is 0 Å². The van der Waals surface area contributed by atoms with Gasteiger partial charge in [0, 0.05) is 18.1 Å². The van der Waals surface area contributed by atoms with E-state index in [0.29, 0.717) is 0 Å². The van der Waals surface area contributed by atoms with Crippen LogP contribution in [0.3, 0.4) is 0 Å². The highest BCUT2D eigenvalue weighted by molar-refractivity contribution is 8.00. The van der Waals surface area contributed by atoms with Crippen molar-refractivity contribution >= 4 is 11.8 Å². The molecule has 0 aromatic carbocycles. The van der Waals surface area contributed by atoms with E-state index in [1.165, 1.54) is 11.8 Å². The molecule has 10 heavy (non-hydrogen) atoms. The van der Waals surface area contributed by atoms with Crippen LogP contribution in [0.25, 0.3) is 0 Å². The summed E-state index contributed by atoms with van der Waals surface area (Å²) in [5, 5.41) is 0. The molecule has 0 saturated carbocycles. The molecular formula is C5H8F3NS. The summed E-state index contributed by atoms with van der Waals surface area (Å²) in [5.41, 5.74) is 3.46. The third-order valence-corrected chi connectivity index (χ3v) is 3.26. The van der Waals surface area contributed by atoms with E-state index >= 15 is 0 Å². The Morgan fingerprint density at radius 3 is 1.90 bits per heavy atom. The summed E-state index contributed by atoms with van der Waals surface area (Å²) in [4.78, 5) is 0. The molecule has 1 fully saturated rings. The summed E-state index contributed by atoms with van der Waals surface area (Å²) >= 11 is 1.30. The van der Waals surface area contributed by atoms with Crippen LogP contribution in [0.4, 0.5) is 13.2 Å². The lowest BCUT2D eigenvalue weighted by Gasteiger charge is -2.41. The number of thioether (sulfide) groups is 1. The number of alkyl halides is 3. The zero-order valence-electron chi connectivity index (χ0n) is 5.24. The molecule has 0 bridgehead atoms. The summed E-state index contributed by atoms with van der Waals surface area (Å²) in [6.45, 7) is -0.274. The summed E-state index contributed by atoms with van der Waals surface area (Å²) in [7, 11) is 0. The Morgan fingerprint density at radius 1 is 1.40 bits per heavy atom. The van der Waals surface area contributed by atoms with Crippen molar-refractivity contribution in [3.8, 4) is 0 Å². The molecule has 1 saturated heterocycles. The van der Waals surface area contributed by atoms with Crippen LogP contribution in [0.15, 0.2) is 0 Å². The molecule has 0 aromatic heterocycles.